The maximum Gasteiger partial charge on any atom is 0.127 e. The summed E-state index contributed by atoms with van der Waals surface area (Å²) < 4.78 is 41.8. The van der Waals surface area contributed by atoms with Gasteiger partial charge in [0.2, 0.25) is 0 Å². The van der Waals surface area contributed by atoms with Crippen LogP contribution in [0.25, 0.3) is 22.5 Å². The van der Waals surface area contributed by atoms with Crippen LogP contribution >= 0.6 is 11.6 Å². The zero-order valence-electron chi connectivity index (χ0n) is 34.9. The molecule has 3 N–H and O–H groups in total. The molecule has 2 aromatic heterocycles. The number of benzene rings is 4. The molecule has 2 saturated heterocycles. The summed E-state index contributed by atoms with van der Waals surface area (Å²) in [5, 5.41) is 3.66. The van der Waals surface area contributed by atoms with Gasteiger partial charge >= 0.3 is 0 Å². The van der Waals surface area contributed by atoms with Crippen molar-refractivity contribution in [1.82, 2.24) is 24.4 Å². The van der Waals surface area contributed by atoms with Gasteiger partial charge in [-0.2, -0.15) is 0 Å². The van der Waals surface area contributed by atoms with Crippen molar-refractivity contribution in [3.8, 4) is 22.5 Å². The Labute approximate surface area is 360 Å². The lowest BCUT2D eigenvalue weighted by Crippen LogP contribution is -2.36. The maximum atomic E-state index is 13.8. The van der Waals surface area contributed by atoms with Crippen molar-refractivity contribution >= 4 is 11.6 Å². The van der Waals surface area contributed by atoms with Crippen molar-refractivity contribution in [2.75, 3.05) is 25.6 Å². The van der Waals surface area contributed by atoms with E-state index >= 15 is 0 Å². The molecule has 6 aromatic rings. The third kappa shape index (κ3) is 13.4. The summed E-state index contributed by atoms with van der Waals surface area (Å²) in [6.07, 6.45) is 4.69. The monoisotopic (exact) mass is 838 g/mol. The van der Waals surface area contributed by atoms with Gasteiger partial charge < -0.3 is 29.7 Å². The highest BCUT2D eigenvalue weighted by Gasteiger charge is 2.33. The Morgan fingerprint density at radius 2 is 1.13 bits per heavy atom. The second kappa shape index (κ2) is 20.7. The van der Waals surface area contributed by atoms with Crippen LogP contribution < -0.4 is 11.1 Å². The van der Waals surface area contributed by atoms with E-state index in [2.05, 4.69) is 80.3 Å². The minimum atomic E-state index is -0.267. The van der Waals surface area contributed by atoms with Crippen LogP contribution in [-0.2, 0) is 22.6 Å². The van der Waals surface area contributed by atoms with Gasteiger partial charge in [-0.1, -0.05) is 134 Å². The molecule has 0 bridgehead atoms. The van der Waals surface area contributed by atoms with E-state index in [0.717, 1.165) is 53.9 Å². The van der Waals surface area contributed by atoms with E-state index in [-0.39, 0.29) is 42.0 Å². The standard InChI is InChI=1S/C24H28FN3O.C21H24FN3.C3H5ClO.CH4/c1-24(2,3)22(26-13-20-16-29-20)23-27-21(18-10-7-11-19(25)12-18)15-28(23)14-17-8-5-4-6-9-17;1-21(2,3)19(23)20-24-18(16-10-7-11-17(22)12-16)14-25(20)13-15-8-5-4-6-9-15;4-1-3-2-5-3;/h4-12,15,20,22,26H,13-14,16H2,1-3H3;4-12,14,19H,13,23H2,1-3H3;3H,1-2H2;1H4/t20-,22-;19-;3-;/m000./s1. The van der Waals surface area contributed by atoms with Crippen LogP contribution in [0.1, 0.15) is 83.8 Å². The summed E-state index contributed by atoms with van der Waals surface area (Å²) in [6, 6.07) is 33.5. The minimum absolute atomic E-state index is 0. The highest BCUT2D eigenvalue weighted by molar-refractivity contribution is 6.18. The quantitative estimate of drug-likeness (QED) is 0.0941. The molecule has 4 atom stereocenters. The molecule has 0 unspecified atom stereocenters. The summed E-state index contributed by atoms with van der Waals surface area (Å²) in [5.74, 6) is 1.92. The minimum Gasteiger partial charge on any atom is -0.372 e. The smallest absolute Gasteiger partial charge is 0.127 e. The average molecular weight is 840 g/mol. The van der Waals surface area contributed by atoms with Crippen LogP contribution in [0.5, 0.6) is 0 Å². The zero-order chi connectivity index (χ0) is 42.2. The first-order valence-corrected chi connectivity index (χ1v) is 20.7. The molecule has 0 spiro atoms. The normalized spacial score (nSPS) is 16.6. The number of epoxide rings is 2. The number of ether oxygens (including phenoxy) is 2. The van der Waals surface area contributed by atoms with Crippen LogP contribution in [0.2, 0.25) is 0 Å². The van der Waals surface area contributed by atoms with Crippen molar-refractivity contribution in [3.63, 3.8) is 0 Å². The van der Waals surface area contributed by atoms with Gasteiger partial charge in [0.1, 0.15) is 23.3 Å². The first-order valence-electron chi connectivity index (χ1n) is 20.2. The number of hydrogen-bond donors (Lipinski definition) is 2. The first-order chi connectivity index (χ1) is 28.2. The highest BCUT2D eigenvalue weighted by Crippen LogP contribution is 2.35. The first kappa shape index (κ1) is 46.4. The molecule has 8 rings (SSSR count). The Hall–Kier alpha value is -4.71. The van der Waals surface area contributed by atoms with Crippen LogP contribution in [0.15, 0.2) is 122 Å². The molecule has 0 radical (unpaired) electrons. The fraction of sp³-hybridized carbons (Fsp3) is 0.388. The molecule has 4 heterocycles. The average Bonchev–Trinajstić information content (AvgIpc) is 4.14. The van der Waals surface area contributed by atoms with E-state index in [9.17, 15) is 8.78 Å². The molecule has 0 aliphatic carbocycles. The Morgan fingerprint density at radius 3 is 1.52 bits per heavy atom. The predicted octanol–water partition coefficient (Wildman–Crippen LogP) is 10.9. The Morgan fingerprint density at radius 1 is 0.683 bits per heavy atom. The molecular weight excluding hydrogens is 778 g/mol. The number of nitrogens with zero attached hydrogens (tertiary/aromatic N) is 4. The third-order valence-electron chi connectivity index (χ3n) is 10.1. The number of imidazole rings is 2. The van der Waals surface area contributed by atoms with Gasteiger partial charge in [-0.05, 0) is 46.2 Å². The van der Waals surface area contributed by atoms with Crippen molar-refractivity contribution in [2.45, 2.75) is 86.4 Å². The topological polar surface area (TPSA) is 98.8 Å². The SMILES string of the molecule is C.CC(C)(C)[C@@H](N)c1nc(-c2cccc(F)c2)cn1Cc1ccccc1.CC(C)(C)[C@@H](NC[C@H]1CO1)c1nc(-c2cccc(F)c2)cn1Cc1ccccc1.ClC[C@H]1CO1. The van der Waals surface area contributed by atoms with Crippen LogP contribution in [0.4, 0.5) is 8.78 Å². The van der Waals surface area contributed by atoms with Gasteiger partial charge in [-0.15, -0.1) is 11.6 Å². The molecule has 0 saturated carbocycles. The molecule has 2 aliphatic heterocycles. The van der Waals surface area contributed by atoms with Crippen molar-refractivity contribution in [2.24, 2.45) is 16.6 Å². The summed E-state index contributed by atoms with van der Waals surface area (Å²) in [5.41, 5.74) is 11.8. The second-order valence-electron chi connectivity index (χ2n) is 17.3. The van der Waals surface area contributed by atoms with Crippen molar-refractivity contribution < 1.29 is 18.3 Å². The van der Waals surface area contributed by atoms with E-state index in [1.807, 2.05) is 60.9 Å². The largest absolute Gasteiger partial charge is 0.372 e. The Kier molecular flexibility index (Phi) is 16.0. The van der Waals surface area contributed by atoms with Crippen LogP contribution in [0.3, 0.4) is 0 Å². The maximum absolute atomic E-state index is 13.8. The van der Waals surface area contributed by atoms with Gasteiger partial charge in [-0.3, -0.25) is 0 Å². The molecule has 320 valence electrons. The molecule has 2 aliphatic rings. The number of hydrogen-bond acceptors (Lipinski definition) is 6. The number of nitrogens with two attached hydrogens (primary N) is 1. The predicted molar refractivity (Wildman–Crippen MR) is 240 cm³/mol. The Balaban J connectivity index is 0.000000202. The molecule has 8 nitrogen and oxygen atoms in total. The van der Waals surface area contributed by atoms with Crippen LogP contribution in [-0.4, -0.2) is 56.9 Å². The number of aromatic nitrogens is 4. The van der Waals surface area contributed by atoms with Crippen molar-refractivity contribution in [3.05, 3.63) is 156 Å². The molecule has 60 heavy (non-hydrogen) atoms. The van der Waals surface area contributed by atoms with Crippen LogP contribution in [0, 0.1) is 22.5 Å². The van der Waals surface area contributed by atoms with E-state index < -0.39 is 0 Å². The fourth-order valence-electron chi connectivity index (χ4n) is 6.49. The van der Waals surface area contributed by atoms with E-state index in [1.54, 1.807) is 12.1 Å². The summed E-state index contributed by atoms with van der Waals surface area (Å²) in [7, 11) is 0. The second-order valence-corrected chi connectivity index (χ2v) is 17.6. The number of alkyl halides is 1. The summed E-state index contributed by atoms with van der Waals surface area (Å²) in [4.78, 5) is 9.73. The van der Waals surface area contributed by atoms with Gasteiger partial charge in [0.15, 0.2) is 0 Å². The molecule has 4 aromatic carbocycles. The van der Waals surface area contributed by atoms with E-state index in [0.29, 0.717) is 31.2 Å². The third-order valence-corrected chi connectivity index (χ3v) is 10.5. The summed E-state index contributed by atoms with van der Waals surface area (Å²) >= 11 is 5.27. The van der Waals surface area contributed by atoms with Gasteiger partial charge in [0, 0.05) is 43.2 Å². The fourth-order valence-corrected chi connectivity index (χ4v) is 6.67. The van der Waals surface area contributed by atoms with Gasteiger partial charge in [0.05, 0.1) is 54.8 Å². The molecule has 0 amide bonds. The van der Waals surface area contributed by atoms with Gasteiger partial charge in [-0.25, -0.2) is 18.7 Å². The zero-order valence-corrected chi connectivity index (χ0v) is 35.7. The lowest BCUT2D eigenvalue weighted by atomic mass is 9.86. The lowest BCUT2D eigenvalue weighted by molar-refractivity contribution is 0.248. The number of halogens is 3. The number of nitrogens with one attached hydrogen (secondary N) is 1. The van der Waals surface area contributed by atoms with Gasteiger partial charge in [0.25, 0.3) is 0 Å². The molecule has 11 heteroatoms. The van der Waals surface area contributed by atoms with E-state index in [4.69, 9.17) is 36.8 Å². The lowest BCUT2D eigenvalue weighted by Gasteiger charge is -2.31. The molecular formula is C49H61ClF2N6O2. The highest BCUT2D eigenvalue weighted by atomic mass is 35.5. The summed E-state index contributed by atoms with van der Waals surface area (Å²) in [6.45, 7) is 16.8. The van der Waals surface area contributed by atoms with Crippen molar-refractivity contribution in [1.29, 1.82) is 0 Å². The van der Waals surface area contributed by atoms with E-state index in [1.165, 1.54) is 35.4 Å². The number of rotatable bonds is 12. The molecule has 2 fully saturated rings. The Bertz CT molecular complexity index is 2220.